The van der Waals surface area contributed by atoms with Crippen molar-refractivity contribution in [1.82, 2.24) is 0 Å². The van der Waals surface area contributed by atoms with Crippen molar-refractivity contribution in [2.45, 2.75) is 13.3 Å². The number of rotatable bonds is 4. The summed E-state index contributed by atoms with van der Waals surface area (Å²) < 4.78 is 5.34. The van der Waals surface area contributed by atoms with Crippen LogP contribution >= 0.6 is 8.81 Å². The topological polar surface area (TPSA) is 9.23 Å². The fourth-order valence-corrected chi connectivity index (χ4v) is 1.42. The fourth-order valence-electron chi connectivity index (χ4n) is 0.700. The molecule has 1 aromatic carbocycles. The zero-order valence-corrected chi connectivity index (χ0v) is 8.55. The van der Waals surface area contributed by atoms with E-state index in [1.165, 1.54) is 5.30 Å². The van der Waals surface area contributed by atoms with Crippen molar-refractivity contribution >= 4 is 14.1 Å². The number of hydrogen-bond acceptors (Lipinski definition) is 1. The van der Waals surface area contributed by atoms with Crippen molar-refractivity contribution in [3.63, 3.8) is 0 Å². The first kappa shape index (κ1) is 12.2. The molecule has 0 heterocycles. The van der Waals surface area contributed by atoms with Gasteiger partial charge in [-0.15, -0.1) is 0 Å². The standard InChI is InChI=1S/C9H12OP.Li/c1-2-8-10-11-9-6-4-3-5-7-9;/h3-7H,2,8H2,1H3;/q-1;+1. The first-order chi connectivity index (χ1) is 5.43. The monoisotopic (exact) mass is 174 g/mol. The van der Waals surface area contributed by atoms with Crippen LogP contribution in [0.15, 0.2) is 30.3 Å². The van der Waals surface area contributed by atoms with E-state index in [0.717, 1.165) is 21.8 Å². The number of benzene rings is 1. The van der Waals surface area contributed by atoms with E-state index in [1.54, 1.807) is 0 Å². The van der Waals surface area contributed by atoms with Crippen molar-refractivity contribution in [3.05, 3.63) is 30.3 Å². The summed E-state index contributed by atoms with van der Waals surface area (Å²) in [5.74, 6) is 0. The second kappa shape index (κ2) is 7.84. The summed E-state index contributed by atoms with van der Waals surface area (Å²) in [4.78, 5) is 0. The number of hydrogen-bond donors (Lipinski definition) is 0. The first-order valence-electron chi connectivity index (χ1n) is 3.81. The van der Waals surface area contributed by atoms with Crippen LogP contribution < -0.4 is 24.2 Å². The quantitative estimate of drug-likeness (QED) is 0.343. The molecule has 12 heavy (non-hydrogen) atoms. The van der Waals surface area contributed by atoms with Crippen LogP contribution in [0.2, 0.25) is 0 Å². The molecule has 0 spiro atoms. The van der Waals surface area contributed by atoms with Gasteiger partial charge in [0.15, 0.2) is 0 Å². The molecular formula is C9H12LiOP. The van der Waals surface area contributed by atoms with Gasteiger partial charge in [-0.25, -0.2) is 0 Å². The van der Waals surface area contributed by atoms with E-state index >= 15 is 0 Å². The average molecular weight is 174 g/mol. The third-order valence-electron chi connectivity index (χ3n) is 1.22. The second-order valence-electron chi connectivity index (χ2n) is 2.26. The van der Waals surface area contributed by atoms with Gasteiger partial charge in [-0.2, -0.15) is 5.30 Å². The molecule has 0 bridgehead atoms. The Hall–Kier alpha value is 0.207. The molecule has 0 unspecified atom stereocenters. The van der Waals surface area contributed by atoms with Gasteiger partial charge < -0.3 is 13.3 Å². The minimum Gasteiger partial charge on any atom is -0.553 e. The molecule has 0 atom stereocenters. The van der Waals surface area contributed by atoms with Crippen LogP contribution in [0.5, 0.6) is 0 Å². The van der Waals surface area contributed by atoms with E-state index < -0.39 is 0 Å². The fraction of sp³-hybridized carbons (Fsp3) is 0.333. The van der Waals surface area contributed by atoms with E-state index in [9.17, 15) is 0 Å². The average Bonchev–Trinajstić information content (AvgIpc) is 2.07. The summed E-state index contributed by atoms with van der Waals surface area (Å²) in [5.41, 5.74) is 0. The Morgan fingerprint density at radius 1 is 1.25 bits per heavy atom. The van der Waals surface area contributed by atoms with Crippen molar-refractivity contribution in [3.8, 4) is 0 Å². The summed E-state index contributed by atoms with van der Waals surface area (Å²) >= 11 is 0. The zero-order valence-electron chi connectivity index (χ0n) is 7.66. The molecule has 3 heteroatoms. The Morgan fingerprint density at radius 3 is 2.50 bits per heavy atom. The molecular weight excluding hydrogens is 162 g/mol. The molecule has 1 aromatic rings. The van der Waals surface area contributed by atoms with E-state index in [-0.39, 0.29) is 18.9 Å². The Labute approximate surface area is 87.9 Å². The van der Waals surface area contributed by atoms with Crippen LogP contribution in [0.25, 0.3) is 0 Å². The summed E-state index contributed by atoms with van der Waals surface area (Å²) in [6.07, 6.45) is 1.08. The molecule has 0 N–H and O–H groups in total. The Bertz CT molecular complexity index is 191. The Balaban J connectivity index is 0.00000121. The van der Waals surface area contributed by atoms with Gasteiger partial charge >= 0.3 is 18.9 Å². The summed E-state index contributed by atoms with van der Waals surface area (Å²) in [6.45, 7) is 2.96. The van der Waals surface area contributed by atoms with Gasteiger partial charge in [0.2, 0.25) is 0 Å². The van der Waals surface area contributed by atoms with Crippen molar-refractivity contribution in [2.24, 2.45) is 0 Å². The zero-order chi connectivity index (χ0) is 7.94. The maximum absolute atomic E-state index is 5.34. The molecule has 0 aliphatic carbocycles. The summed E-state index contributed by atoms with van der Waals surface area (Å²) in [6, 6.07) is 10.2. The van der Waals surface area contributed by atoms with Crippen LogP contribution in [0.3, 0.4) is 0 Å². The first-order valence-corrected chi connectivity index (χ1v) is 4.63. The van der Waals surface area contributed by atoms with Gasteiger partial charge in [0.05, 0.1) is 0 Å². The van der Waals surface area contributed by atoms with E-state index in [4.69, 9.17) is 4.52 Å². The van der Waals surface area contributed by atoms with Crippen LogP contribution in [0, 0.1) is 0 Å². The van der Waals surface area contributed by atoms with Gasteiger partial charge in [0, 0.05) is 6.61 Å². The second-order valence-corrected chi connectivity index (χ2v) is 3.22. The Kier molecular flexibility index (Phi) is 7.97. The third kappa shape index (κ3) is 4.96. The molecule has 0 aromatic heterocycles. The minimum atomic E-state index is 0. The molecule has 60 valence electrons. The maximum Gasteiger partial charge on any atom is 1.00 e. The van der Waals surface area contributed by atoms with Gasteiger partial charge in [-0.05, 0) is 6.42 Å². The largest absolute Gasteiger partial charge is 1.00 e. The van der Waals surface area contributed by atoms with Crippen LogP contribution in [-0.4, -0.2) is 6.61 Å². The van der Waals surface area contributed by atoms with E-state index in [1.807, 2.05) is 18.2 Å². The molecule has 0 saturated carbocycles. The normalized spacial score (nSPS) is 10.1. The molecule has 0 amide bonds. The van der Waals surface area contributed by atoms with Crippen LogP contribution in [0.1, 0.15) is 13.3 Å². The summed E-state index contributed by atoms with van der Waals surface area (Å²) in [5, 5.41) is 1.22. The predicted octanol–water partition coefficient (Wildman–Crippen LogP) is -0.396. The third-order valence-corrected chi connectivity index (χ3v) is 2.04. The van der Waals surface area contributed by atoms with Gasteiger partial charge in [-0.1, -0.05) is 37.3 Å². The molecule has 0 fully saturated rings. The van der Waals surface area contributed by atoms with Crippen molar-refractivity contribution < 1.29 is 23.4 Å². The van der Waals surface area contributed by atoms with Gasteiger partial charge in [0.25, 0.3) is 0 Å². The molecule has 0 radical (unpaired) electrons. The minimum absolute atomic E-state index is 0. The predicted molar refractivity (Wildman–Crippen MR) is 49.2 cm³/mol. The molecule has 0 saturated heterocycles. The SMILES string of the molecule is CCCO[P-]c1ccccc1.[Li+]. The Morgan fingerprint density at radius 2 is 1.92 bits per heavy atom. The molecule has 1 rings (SSSR count). The van der Waals surface area contributed by atoms with Crippen LogP contribution in [-0.2, 0) is 4.52 Å². The maximum atomic E-state index is 5.34. The summed E-state index contributed by atoms with van der Waals surface area (Å²) in [7, 11) is 0.978. The van der Waals surface area contributed by atoms with E-state index in [2.05, 4.69) is 19.1 Å². The smallest absolute Gasteiger partial charge is 0.553 e. The van der Waals surface area contributed by atoms with E-state index in [0.29, 0.717) is 0 Å². The van der Waals surface area contributed by atoms with Gasteiger partial charge in [0.1, 0.15) is 0 Å². The molecule has 0 aliphatic rings. The van der Waals surface area contributed by atoms with Crippen LogP contribution in [0.4, 0.5) is 0 Å². The molecule has 1 nitrogen and oxygen atoms in total. The van der Waals surface area contributed by atoms with Crippen molar-refractivity contribution in [1.29, 1.82) is 0 Å². The van der Waals surface area contributed by atoms with Gasteiger partial charge in [-0.3, -0.25) is 0 Å². The molecule has 0 aliphatic heterocycles. The van der Waals surface area contributed by atoms with Crippen molar-refractivity contribution in [2.75, 3.05) is 6.61 Å².